The number of likely N-dealkylation sites (N-methyl/N-ethyl adjacent to an activating group) is 1. The standard InChI is InChI=1S/C64H107N2O6P/c1-6-8-10-12-14-16-18-20-22-24-26-28-30-31-32-33-34-35-36-38-40-42-44-46-48-50-52-54-56-58-64(68)65-62(61-72-73(69,70)71-60-59-66(3,4)5)63(67)57-55-53-51-49-47-45-43-41-39-37-29-27-25-23-21-19-17-15-13-11-9-7-2/h8,10,14,16,20,22,26,28,31-32,34-35,38-41,44,46-47,49-50,52,55,57,62-63,67H,6-7,9,11-13,15,17-19,21,23-25,27,29-30,33,36-37,42-43,45,48,51,53-54,56,58-61H2,1-5H3,(H-,65,68,69,70)/b10-8-,16-14-,22-20-,28-26-,32-31-,35-34-,40-38-,41-39+,46-44-,49-47+,52-50-,57-55+. The third kappa shape index (κ3) is 56.0. The largest absolute Gasteiger partial charge is 0.756 e. The number of carbonyl (C=O) groups excluding carboxylic acids is 1. The third-order valence-electron chi connectivity index (χ3n) is 11.8. The smallest absolute Gasteiger partial charge is 0.268 e. The second-order valence-corrected chi connectivity index (χ2v) is 21.3. The van der Waals surface area contributed by atoms with Gasteiger partial charge in [0.1, 0.15) is 13.2 Å². The molecule has 0 aliphatic rings. The van der Waals surface area contributed by atoms with Crippen molar-refractivity contribution in [2.24, 2.45) is 0 Å². The van der Waals surface area contributed by atoms with Crippen LogP contribution in [0.15, 0.2) is 146 Å². The number of aliphatic hydroxyl groups is 1. The molecule has 0 aromatic heterocycles. The first-order valence-electron chi connectivity index (χ1n) is 28.7. The van der Waals surface area contributed by atoms with Gasteiger partial charge in [-0.25, -0.2) is 0 Å². The summed E-state index contributed by atoms with van der Waals surface area (Å²) in [7, 11) is 1.17. The van der Waals surface area contributed by atoms with Gasteiger partial charge in [-0.2, -0.15) is 0 Å². The number of phosphoric acid groups is 1. The lowest BCUT2D eigenvalue weighted by molar-refractivity contribution is -0.870. The molecule has 73 heavy (non-hydrogen) atoms. The van der Waals surface area contributed by atoms with Crippen molar-refractivity contribution in [1.29, 1.82) is 0 Å². The van der Waals surface area contributed by atoms with Gasteiger partial charge in [-0.05, 0) is 109 Å². The number of rotatable bonds is 50. The van der Waals surface area contributed by atoms with Gasteiger partial charge in [-0.15, -0.1) is 0 Å². The molecule has 1 amide bonds. The Morgan fingerprint density at radius 3 is 1.27 bits per heavy atom. The van der Waals surface area contributed by atoms with Crippen molar-refractivity contribution in [3.8, 4) is 0 Å². The molecule has 414 valence electrons. The van der Waals surface area contributed by atoms with Crippen LogP contribution in [0.2, 0.25) is 0 Å². The van der Waals surface area contributed by atoms with Gasteiger partial charge in [-0.1, -0.05) is 230 Å². The fraction of sp³-hybridized carbons (Fsp3) is 0.609. The lowest BCUT2D eigenvalue weighted by atomic mass is 10.0. The Kier molecular flexibility index (Phi) is 50.6. The molecule has 9 heteroatoms. The summed E-state index contributed by atoms with van der Waals surface area (Å²) in [6.07, 6.45) is 82.2. The monoisotopic (exact) mass is 1030 g/mol. The van der Waals surface area contributed by atoms with Crippen LogP contribution in [-0.2, 0) is 18.4 Å². The molecule has 0 bridgehead atoms. The Labute approximate surface area is 449 Å². The van der Waals surface area contributed by atoms with E-state index in [0.717, 1.165) is 83.5 Å². The number of hydrogen-bond acceptors (Lipinski definition) is 6. The number of hydrogen-bond donors (Lipinski definition) is 2. The van der Waals surface area contributed by atoms with E-state index in [1.165, 1.54) is 83.5 Å². The fourth-order valence-corrected chi connectivity index (χ4v) is 8.03. The van der Waals surface area contributed by atoms with E-state index in [2.05, 4.69) is 153 Å². The third-order valence-corrected chi connectivity index (χ3v) is 12.7. The van der Waals surface area contributed by atoms with Gasteiger partial charge < -0.3 is 28.8 Å². The van der Waals surface area contributed by atoms with E-state index in [4.69, 9.17) is 9.05 Å². The summed E-state index contributed by atoms with van der Waals surface area (Å²) in [6.45, 7) is 4.44. The van der Waals surface area contributed by atoms with Crippen LogP contribution in [0, 0.1) is 0 Å². The summed E-state index contributed by atoms with van der Waals surface area (Å²) >= 11 is 0. The van der Waals surface area contributed by atoms with Crippen LogP contribution >= 0.6 is 7.82 Å². The van der Waals surface area contributed by atoms with Crippen LogP contribution in [-0.4, -0.2) is 68.5 Å². The van der Waals surface area contributed by atoms with Gasteiger partial charge in [0.15, 0.2) is 0 Å². The molecule has 0 aliphatic heterocycles. The average molecular weight is 1030 g/mol. The number of nitrogens with one attached hydrogen (secondary N) is 1. The van der Waals surface area contributed by atoms with Gasteiger partial charge >= 0.3 is 0 Å². The van der Waals surface area contributed by atoms with Crippen molar-refractivity contribution in [3.05, 3.63) is 146 Å². The van der Waals surface area contributed by atoms with E-state index in [1.54, 1.807) is 6.08 Å². The number of aliphatic hydroxyl groups excluding tert-OH is 1. The van der Waals surface area contributed by atoms with Crippen LogP contribution in [0.1, 0.15) is 200 Å². The first-order chi connectivity index (χ1) is 35.5. The zero-order valence-electron chi connectivity index (χ0n) is 47.0. The Bertz CT molecular complexity index is 1690. The van der Waals surface area contributed by atoms with Gasteiger partial charge in [0, 0.05) is 6.42 Å². The van der Waals surface area contributed by atoms with Gasteiger partial charge in [0.25, 0.3) is 7.82 Å². The van der Waals surface area contributed by atoms with Crippen molar-refractivity contribution >= 4 is 13.7 Å². The van der Waals surface area contributed by atoms with Crippen molar-refractivity contribution in [1.82, 2.24) is 5.32 Å². The van der Waals surface area contributed by atoms with Crippen LogP contribution in [0.5, 0.6) is 0 Å². The normalized spacial score (nSPS) is 15.0. The molecule has 0 aliphatic carbocycles. The summed E-state index contributed by atoms with van der Waals surface area (Å²) in [4.78, 5) is 25.5. The highest BCUT2D eigenvalue weighted by molar-refractivity contribution is 7.45. The summed E-state index contributed by atoms with van der Waals surface area (Å²) in [5.41, 5.74) is 0. The highest BCUT2D eigenvalue weighted by Crippen LogP contribution is 2.38. The van der Waals surface area contributed by atoms with E-state index in [-0.39, 0.29) is 18.9 Å². The Morgan fingerprint density at radius 1 is 0.493 bits per heavy atom. The van der Waals surface area contributed by atoms with E-state index in [0.29, 0.717) is 23.9 Å². The molecule has 0 saturated carbocycles. The molecule has 0 radical (unpaired) electrons. The van der Waals surface area contributed by atoms with Crippen LogP contribution in [0.4, 0.5) is 0 Å². The molecule has 0 rings (SSSR count). The van der Waals surface area contributed by atoms with Crippen molar-refractivity contribution in [2.75, 3.05) is 40.9 Å². The molecule has 0 saturated heterocycles. The maximum absolute atomic E-state index is 12.9. The van der Waals surface area contributed by atoms with Crippen molar-refractivity contribution < 1.29 is 32.9 Å². The highest BCUT2D eigenvalue weighted by Gasteiger charge is 2.23. The van der Waals surface area contributed by atoms with Crippen molar-refractivity contribution in [3.63, 3.8) is 0 Å². The number of allylic oxidation sites excluding steroid dienone is 23. The minimum atomic E-state index is -4.64. The number of carbonyl (C=O) groups is 1. The summed E-state index contributed by atoms with van der Waals surface area (Å²) in [5, 5.41) is 13.8. The number of unbranched alkanes of at least 4 members (excludes halogenated alkanes) is 15. The summed E-state index contributed by atoms with van der Waals surface area (Å²) in [5.74, 6) is -0.275. The van der Waals surface area contributed by atoms with E-state index in [9.17, 15) is 19.4 Å². The molecular formula is C64H107N2O6P. The van der Waals surface area contributed by atoms with E-state index >= 15 is 0 Å². The quantitative estimate of drug-likeness (QED) is 0.0272. The molecule has 0 heterocycles. The molecule has 0 fully saturated rings. The van der Waals surface area contributed by atoms with Gasteiger partial charge in [-0.3, -0.25) is 9.36 Å². The van der Waals surface area contributed by atoms with E-state index in [1.807, 2.05) is 27.2 Å². The molecule has 3 unspecified atom stereocenters. The lowest BCUT2D eigenvalue weighted by Crippen LogP contribution is -2.45. The number of quaternary nitrogens is 1. The minimum absolute atomic E-state index is 0.0286. The predicted molar refractivity (Wildman–Crippen MR) is 315 cm³/mol. The van der Waals surface area contributed by atoms with Crippen LogP contribution in [0.25, 0.3) is 0 Å². The second-order valence-electron chi connectivity index (χ2n) is 19.9. The molecule has 0 aromatic rings. The maximum Gasteiger partial charge on any atom is 0.268 e. The molecular weight excluding hydrogens is 924 g/mol. The van der Waals surface area contributed by atoms with Gasteiger partial charge in [0.2, 0.25) is 5.91 Å². The van der Waals surface area contributed by atoms with Crippen LogP contribution in [0.3, 0.4) is 0 Å². The molecule has 0 spiro atoms. The Hall–Kier alpha value is -3.62. The second kappa shape index (κ2) is 53.2. The lowest BCUT2D eigenvalue weighted by Gasteiger charge is -2.29. The first kappa shape index (κ1) is 69.4. The highest BCUT2D eigenvalue weighted by atomic mass is 31.2. The first-order valence-corrected chi connectivity index (χ1v) is 30.2. The zero-order chi connectivity index (χ0) is 53.5. The van der Waals surface area contributed by atoms with Gasteiger partial charge in [0.05, 0.1) is 39.9 Å². The van der Waals surface area contributed by atoms with E-state index < -0.39 is 26.6 Å². The maximum atomic E-state index is 12.9. The fourth-order valence-electron chi connectivity index (χ4n) is 7.30. The Balaban J connectivity index is 4.46. The van der Waals surface area contributed by atoms with Crippen molar-refractivity contribution in [2.45, 2.75) is 212 Å². The number of phosphoric ester groups is 1. The Morgan fingerprint density at radius 2 is 0.849 bits per heavy atom. The van der Waals surface area contributed by atoms with Crippen LogP contribution < -0.4 is 10.2 Å². The summed E-state index contributed by atoms with van der Waals surface area (Å²) < 4.78 is 23.3. The molecule has 2 N–H and O–H groups in total. The molecule has 0 aromatic carbocycles. The number of nitrogens with zero attached hydrogens (tertiary/aromatic N) is 1. The molecule has 3 atom stereocenters. The average Bonchev–Trinajstić information content (AvgIpc) is 3.35. The number of amides is 1. The SMILES string of the molecule is CC/C=C\C/C=C\C/C=C\C/C=C\C/C=C\C/C=C\C/C=C\C/C=C\C/C=C\CCCC(=O)NC(COP(=O)([O-])OCC[N+](C)(C)C)C(O)/C=C/CC/C=C/CC/C=C/CCCCCCCCCCCCCC. The minimum Gasteiger partial charge on any atom is -0.756 e. The zero-order valence-corrected chi connectivity index (χ0v) is 47.9. The summed E-state index contributed by atoms with van der Waals surface area (Å²) in [6, 6.07) is -0.953. The predicted octanol–water partition coefficient (Wildman–Crippen LogP) is 17.1. The topological polar surface area (TPSA) is 108 Å². The molecule has 8 nitrogen and oxygen atoms in total.